The molecule has 0 bridgehead atoms. The van der Waals surface area contributed by atoms with E-state index in [1.54, 1.807) is 34.6 Å². The van der Waals surface area contributed by atoms with Crippen molar-refractivity contribution < 1.29 is 9.90 Å². The number of nitrogens with zero attached hydrogens (tertiary/aromatic N) is 1. The maximum atomic E-state index is 11.9. The van der Waals surface area contributed by atoms with Crippen LogP contribution in [0.15, 0.2) is 6.20 Å². The monoisotopic (exact) mass is 225 g/mol. The number of H-pyrrole nitrogens is 1. The van der Waals surface area contributed by atoms with Crippen LogP contribution in [0.2, 0.25) is 0 Å². The molecule has 0 atom stereocenters. The number of aromatic nitrogens is 2. The number of aromatic amines is 1. The van der Waals surface area contributed by atoms with Gasteiger partial charge in [0.25, 0.3) is 5.91 Å². The molecule has 0 aliphatic heterocycles. The summed E-state index contributed by atoms with van der Waals surface area (Å²) in [5, 5.41) is 19.2. The zero-order valence-electron chi connectivity index (χ0n) is 10.4. The summed E-state index contributed by atoms with van der Waals surface area (Å²) in [5.74, 6) is -0.238. The second-order valence-electron chi connectivity index (χ2n) is 5.05. The predicted octanol–water partition coefficient (Wildman–Crippen LogP) is 0.997. The summed E-state index contributed by atoms with van der Waals surface area (Å²) in [5.41, 5.74) is -0.505. The summed E-state index contributed by atoms with van der Waals surface area (Å²) in [7, 11) is 0. The molecule has 1 amide bonds. The SMILES string of the molecule is Cc1[nH]ncc1C(=O)NC(C)(C)C(C)(C)O. The van der Waals surface area contributed by atoms with E-state index in [0.717, 1.165) is 0 Å². The third-order valence-corrected chi connectivity index (χ3v) is 3.03. The van der Waals surface area contributed by atoms with Crippen LogP contribution in [0.1, 0.15) is 43.7 Å². The second kappa shape index (κ2) is 3.90. The molecule has 0 aliphatic carbocycles. The molecule has 0 radical (unpaired) electrons. The highest BCUT2D eigenvalue weighted by Gasteiger charge is 2.36. The maximum absolute atomic E-state index is 11.9. The van der Waals surface area contributed by atoms with Crippen LogP contribution in [0.3, 0.4) is 0 Å². The molecule has 1 aromatic heterocycles. The van der Waals surface area contributed by atoms with Crippen molar-refractivity contribution >= 4 is 5.91 Å². The lowest BCUT2D eigenvalue weighted by Crippen LogP contribution is -2.57. The van der Waals surface area contributed by atoms with Crippen molar-refractivity contribution in [3.63, 3.8) is 0 Å². The normalized spacial score (nSPS) is 12.6. The standard InChI is InChI=1S/C11H19N3O2/c1-7-8(6-12-14-7)9(15)13-10(2,3)11(4,5)16/h6,16H,1-5H3,(H,12,14)(H,13,15). The van der Waals surface area contributed by atoms with Gasteiger partial charge in [0.05, 0.1) is 22.9 Å². The van der Waals surface area contributed by atoms with Crippen molar-refractivity contribution in [1.82, 2.24) is 15.5 Å². The second-order valence-corrected chi connectivity index (χ2v) is 5.05. The Morgan fingerprint density at radius 2 is 2.00 bits per heavy atom. The van der Waals surface area contributed by atoms with E-state index in [1.807, 2.05) is 0 Å². The average molecular weight is 225 g/mol. The van der Waals surface area contributed by atoms with Gasteiger partial charge in [0.2, 0.25) is 0 Å². The minimum Gasteiger partial charge on any atom is -0.388 e. The Morgan fingerprint density at radius 3 is 2.38 bits per heavy atom. The van der Waals surface area contributed by atoms with Crippen LogP contribution in [-0.4, -0.2) is 32.4 Å². The summed E-state index contributed by atoms with van der Waals surface area (Å²) in [6.07, 6.45) is 1.48. The summed E-state index contributed by atoms with van der Waals surface area (Å²) in [4.78, 5) is 11.9. The van der Waals surface area contributed by atoms with E-state index < -0.39 is 11.1 Å². The molecule has 5 nitrogen and oxygen atoms in total. The fraction of sp³-hybridized carbons (Fsp3) is 0.636. The lowest BCUT2D eigenvalue weighted by Gasteiger charge is -2.37. The Hall–Kier alpha value is -1.36. The number of amides is 1. The first-order valence-corrected chi connectivity index (χ1v) is 5.20. The first kappa shape index (κ1) is 12.7. The largest absolute Gasteiger partial charge is 0.388 e. The predicted molar refractivity (Wildman–Crippen MR) is 61.2 cm³/mol. The van der Waals surface area contributed by atoms with Gasteiger partial charge in [-0.3, -0.25) is 9.89 Å². The molecule has 1 rings (SSSR count). The molecule has 16 heavy (non-hydrogen) atoms. The molecule has 3 N–H and O–H groups in total. The van der Waals surface area contributed by atoms with Gasteiger partial charge in [0.1, 0.15) is 0 Å². The van der Waals surface area contributed by atoms with Crippen molar-refractivity contribution in [3.05, 3.63) is 17.5 Å². The molecule has 0 unspecified atom stereocenters. The summed E-state index contributed by atoms with van der Waals surface area (Å²) in [6.45, 7) is 8.66. The minimum atomic E-state index is -1.000. The van der Waals surface area contributed by atoms with E-state index in [0.29, 0.717) is 11.3 Å². The van der Waals surface area contributed by atoms with Crippen LogP contribution in [0, 0.1) is 6.92 Å². The van der Waals surface area contributed by atoms with E-state index in [1.165, 1.54) is 6.20 Å². The Labute approximate surface area is 95.3 Å². The molecule has 0 saturated heterocycles. The fourth-order valence-electron chi connectivity index (χ4n) is 1.08. The van der Waals surface area contributed by atoms with E-state index in [2.05, 4.69) is 15.5 Å². The van der Waals surface area contributed by atoms with Gasteiger partial charge in [-0.05, 0) is 34.6 Å². The molecule has 1 heterocycles. The zero-order valence-corrected chi connectivity index (χ0v) is 10.4. The number of carbonyl (C=O) groups is 1. The first-order valence-electron chi connectivity index (χ1n) is 5.20. The van der Waals surface area contributed by atoms with Gasteiger partial charge in [0, 0.05) is 5.69 Å². The Morgan fingerprint density at radius 1 is 1.44 bits per heavy atom. The van der Waals surface area contributed by atoms with Crippen LogP contribution in [0.5, 0.6) is 0 Å². The molecule has 5 heteroatoms. The maximum Gasteiger partial charge on any atom is 0.255 e. The third kappa shape index (κ3) is 2.41. The fourth-order valence-corrected chi connectivity index (χ4v) is 1.08. The van der Waals surface area contributed by atoms with Gasteiger partial charge in [0.15, 0.2) is 0 Å². The van der Waals surface area contributed by atoms with Crippen molar-refractivity contribution in [3.8, 4) is 0 Å². The zero-order chi connectivity index (χ0) is 12.6. The number of carbonyl (C=O) groups excluding carboxylic acids is 1. The molecular weight excluding hydrogens is 206 g/mol. The average Bonchev–Trinajstić information content (AvgIpc) is 2.48. The Kier molecular flexibility index (Phi) is 3.10. The molecule has 1 aromatic rings. The van der Waals surface area contributed by atoms with Crippen LogP contribution >= 0.6 is 0 Å². The number of rotatable bonds is 3. The highest BCUT2D eigenvalue weighted by atomic mass is 16.3. The van der Waals surface area contributed by atoms with Gasteiger partial charge in [-0.15, -0.1) is 0 Å². The Bertz CT molecular complexity index is 388. The van der Waals surface area contributed by atoms with Gasteiger partial charge in [-0.1, -0.05) is 0 Å². The van der Waals surface area contributed by atoms with E-state index in [4.69, 9.17) is 0 Å². The molecule has 0 fully saturated rings. The quantitative estimate of drug-likeness (QED) is 0.718. The molecule has 0 aromatic carbocycles. The van der Waals surface area contributed by atoms with E-state index in [-0.39, 0.29) is 5.91 Å². The number of hydrogen-bond acceptors (Lipinski definition) is 3. The van der Waals surface area contributed by atoms with Crippen molar-refractivity contribution in [2.24, 2.45) is 0 Å². The molecular formula is C11H19N3O2. The molecule has 0 spiro atoms. The highest BCUT2D eigenvalue weighted by molar-refractivity contribution is 5.95. The first-order chi connectivity index (χ1) is 7.15. The van der Waals surface area contributed by atoms with Crippen LogP contribution < -0.4 is 5.32 Å². The molecule has 0 saturated carbocycles. The Balaban J connectivity index is 2.84. The van der Waals surface area contributed by atoms with Gasteiger partial charge in [-0.2, -0.15) is 5.10 Å². The number of nitrogens with one attached hydrogen (secondary N) is 2. The van der Waals surface area contributed by atoms with E-state index in [9.17, 15) is 9.90 Å². The summed E-state index contributed by atoms with van der Waals surface area (Å²) < 4.78 is 0. The lowest BCUT2D eigenvalue weighted by molar-refractivity contribution is -0.00294. The lowest BCUT2D eigenvalue weighted by atomic mass is 9.86. The van der Waals surface area contributed by atoms with Crippen molar-refractivity contribution in [2.45, 2.75) is 45.8 Å². The molecule has 0 aliphatic rings. The topological polar surface area (TPSA) is 78.0 Å². The van der Waals surface area contributed by atoms with Crippen LogP contribution in [0.25, 0.3) is 0 Å². The summed E-state index contributed by atoms with van der Waals surface area (Å²) in [6, 6.07) is 0. The minimum absolute atomic E-state index is 0.238. The van der Waals surface area contributed by atoms with Crippen molar-refractivity contribution in [1.29, 1.82) is 0 Å². The highest BCUT2D eigenvalue weighted by Crippen LogP contribution is 2.21. The smallest absolute Gasteiger partial charge is 0.255 e. The van der Waals surface area contributed by atoms with Gasteiger partial charge in [-0.25, -0.2) is 0 Å². The number of aliphatic hydroxyl groups is 1. The van der Waals surface area contributed by atoms with Crippen LogP contribution in [-0.2, 0) is 0 Å². The molecule has 90 valence electrons. The van der Waals surface area contributed by atoms with Crippen LogP contribution in [0.4, 0.5) is 0 Å². The van der Waals surface area contributed by atoms with E-state index >= 15 is 0 Å². The number of hydrogen-bond donors (Lipinski definition) is 3. The van der Waals surface area contributed by atoms with Crippen molar-refractivity contribution in [2.75, 3.05) is 0 Å². The summed E-state index contributed by atoms with van der Waals surface area (Å²) >= 11 is 0. The third-order valence-electron chi connectivity index (χ3n) is 3.03. The van der Waals surface area contributed by atoms with Gasteiger partial charge < -0.3 is 10.4 Å². The van der Waals surface area contributed by atoms with Gasteiger partial charge >= 0.3 is 0 Å². The number of aryl methyl sites for hydroxylation is 1.